The number of aromatic amines is 1. The number of hydrogen-bond donors (Lipinski definition) is 2. The number of carbonyl (C=O) groups excluding carboxylic acids is 2. The van der Waals surface area contributed by atoms with Crippen LogP contribution in [0.15, 0.2) is 41.9 Å². The fraction of sp³-hybridized carbons (Fsp3) is 0.393. The molecular formula is C28H30N10O2. The van der Waals surface area contributed by atoms with Crippen LogP contribution in [0.2, 0.25) is 0 Å². The van der Waals surface area contributed by atoms with Crippen molar-refractivity contribution in [2.24, 2.45) is 11.0 Å². The molecule has 2 bridgehead atoms. The molecule has 0 saturated carbocycles. The van der Waals surface area contributed by atoms with Crippen molar-refractivity contribution in [1.82, 2.24) is 34.7 Å². The van der Waals surface area contributed by atoms with E-state index in [0.717, 1.165) is 36.3 Å². The number of nitrogens with zero attached hydrogens (tertiary/aromatic N) is 8. The van der Waals surface area contributed by atoms with E-state index in [9.17, 15) is 9.59 Å². The van der Waals surface area contributed by atoms with Crippen molar-refractivity contribution < 1.29 is 9.59 Å². The Morgan fingerprint density at radius 1 is 1.10 bits per heavy atom. The van der Waals surface area contributed by atoms with Gasteiger partial charge in [0.15, 0.2) is 11.4 Å². The second-order valence-corrected chi connectivity index (χ2v) is 11.1. The van der Waals surface area contributed by atoms with E-state index in [4.69, 9.17) is 10.7 Å². The number of nitrogens with two attached hydrogens (primary N) is 1. The van der Waals surface area contributed by atoms with Crippen molar-refractivity contribution in [1.29, 1.82) is 0 Å². The number of ketones is 1. The zero-order valence-electron chi connectivity index (χ0n) is 22.4. The summed E-state index contributed by atoms with van der Waals surface area (Å²) in [6.45, 7) is 4.43. The first-order valence-electron chi connectivity index (χ1n) is 13.7. The van der Waals surface area contributed by atoms with Crippen LogP contribution in [0.3, 0.4) is 0 Å². The molecule has 12 heteroatoms. The zero-order valence-corrected chi connectivity index (χ0v) is 22.4. The molecule has 3 unspecified atom stereocenters. The minimum Gasteiger partial charge on any atom is -0.383 e. The standard InChI is InChI=1S/C28H30N10O2/c1-15-11-32-36(14-15)23-6-3-17(12-30-23)21-13-33-38-26(29)24(16(2)39)25(34-27(21)38)18-9-19-4-5-20(10-18)37(19)28(40)22-7-8-31-35-22/h3,6-8,11-13,15,18-20H,4-5,9-10,14,29H2,1-2H3,(H,31,35). The zero-order chi connectivity index (χ0) is 27.5. The van der Waals surface area contributed by atoms with E-state index in [1.165, 1.54) is 6.92 Å². The van der Waals surface area contributed by atoms with Gasteiger partial charge in [-0.1, -0.05) is 6.92 Å². The monoisotopic (exact) mass is 538 g/mol. The fourth-order valence-electron chi connectivity index (χ4n) is 6.55. The second-order valence-electron chi connectivity index (χ2n) is 11.1. The number of rotatable bonds is 5. The maximum atomic E-state index is 13.2. The van der Waals surface area contributed by atoms with Gasteiger partial charge in [0.2, 0.25) is 0 Å². The van der Waals surface area contributed by atoms with Crippen LogP contribution in [0.4, 0.5) is 11.6 Å². The summed E-state index contributed by atoms with van der Waals surface area (Å²) in [6.07, 6.45) is 10.3. The highest BCUT2D eigenvalue weighted by Gasteiger charge is 2.45. The van der Waals surface area contributed by atoms with Gasteiger partial charge in [-0.2, -0.15) is 19.8 Å². The number of fused-ring (bicyclic) bond motifs is 3. The summed E-state index contributed by atoms with van der Waals surface area (Å²) >= 11 is 0. The van der Waals surface area contributed by atoms with Gasteiger partial charge in [-0.15, -0.1) is 0 Å². The highest BCUT2D eigenvalue weighted by Crippen LogP contribution is 2.45. The molecule has 0 spiro atoms. The van der Waals surface area contributed by atoms with Crippen LogP contribution in [-0.4, -0.2) is 71.2 Å². The lowest BCUT2D eigenvalue weighted by Gasteiger charge is -2.39. The first-order valence-corrected chi connectivity index (χ1v) is 13.7. The average molecular weight is 539 g/mol. The number of hydrazone groups is 1. The third-order valence-electron chi connectivity index (χ3n) is 8.39. The lowest BCUT2D eigenvalue weighted by atomic mass is 9.85. The summed E-state index contributed by atoms with van der Waals surface area (Å²) in [4.78, 5) is 37.8. The molecule has 3 aliphatic rings. The molecule has 0 aliphatic carbocycles. The Hall–Kier alpha value is -4.61. The van der Waals surface area contributed by atoms with Gasteiger partial charge in [0, 0.05) is 53.7 Å². The Labute approximate surface area is 230 Å². The van der Waals surface area contributed by atoms with Crippen molar-refractivity contribution >= 4 is 35.2 Å². The molecule has 3 atom stereocenters. The topological polar surface area (TPSA) is 151 Å². The van der Waals surface area contributed by atoms with Crippen LogP contribution in [0.1, 0.15) is 72.0 Å². The number of amides is 1. The number of hydrogen-bond acceptors (Lipinski definition) is 9. The van der Waals surface area contributed by atoms with Crippen LogP contribution < -0.4 is 10.7 Å². The van der Waals surface area contributed by atoms with Gasteiger partial charge < -0.3 is 10.6 Å². The van der Waals surface area contributed by atoms with Crippen molar-refractivity contribution in [2.45, 2.75) is 57.5 Å². The molecule has 4 aromatic heterocycles. The summed E-state index contributed by atoms with van der Waals surface area (Å²) in [7, 11) is 0. The summed E-state index contributed by atoms with van der Waals surface area (Å²) in [5, 5.41) is 17.5. The van der Waals surface area contributed by atoms with Crippen LogP contribution in [0.25, 0.3) is 16.8 Å². The first kappa shape index (κ1) is 24.4. The van der Waals surface area contributed by atoms with E-state index in [0.29, 0.717) is 41.4 Å². The van der Waals surface area contributed by atoms with E-state index in [1.807, 2.05) is 28.3 Å². The van der Waals surface area contributed by atoms with Crippen molar-refractivity contribution in [3.05, 3.63) is 53.7 Å². The van der Waals surface area contributed by atoms with E-state index >= 15 is 0 Å². The normalized spacial score (nSPS) is 23.9. The average Bonchev–Trinajstić information content (AvgIpc) is 3.75. The Balaban J connectivity index is 1.24. The molecule has 3 aliphatic heterocycles. The number of anilines is 2. The SMILES string of the molecule is CC(=O)c1c(C2CC3CCC(C2)N3C(=O)c2ccn[nH]2)nc2c(-c3ccc(N4CC(C)C=N4)nc3)cnn2c1N. The van der Waals surface area contributed by atoms with Crippen molar-refractivity contribution in [3.8, 4) is 11.1 Å². The smallest absolute Gasteiger partial charge is 0.272 e. The molecule has 3 N–H and O–H groups in total. The molecule has 1 amide bonds. The Morgan fingerprint density at radius 2 is 1.90 bits per heavy atom. The molecule has 2 fully saturated rings. The summed E-state index contributed by atoms with van der Waals surface area (Å²) < 4.78 is 1.54. The number of nitrogens with one attached hydrogen (secondary N) is 1. The molecule has 0 radical (unpaired) electrons. The number of piperidine rings is 1. The highest BCUT2D eigenvalue weighted by atomic mass is 16.2. The van der Waals surface area contributed by atoms with Crippen molar-refractivity contribution in [2.75, 3.05) is 17.3 Å². The van der Waals surface area contributed by atoms with Crippen LogP contribution in [0, 0.1) is 5.92 Å². The second kappa shape index (κ2) is 9.25. The van der Waals surface area contributed by atoms with Crippen LogP contribution >= 0.6 is 0 Å². The summed E-state index contributed by atoms with van der Waals surface area (Å²) in [6, 6.07) is 5.76. The molecule has 7 heterocycles. The summed E-state index contributed by atoms with van der Waals surface area (Å²) in [5.74, 6) is 1.27. The van der Waals surface area contributed by atoms with Crippen molar-refractivity contribution in [3.63, 3.8) is 0 Å². The molecule has 4 aromatic rings. The first-order chi connectivity index (χ1) is 19.4. The highest BCUT2D eigenvalue weighted by molar-refractivity contribution is 6.00. The lowest BCUT2D eigenvalue weighted by Crippen LogP contribution is -2.46. The largest absolute Gasteiger partial charge is 0.383 e. The summed E-state index contributed by atoms with van der Waals surface area (Å²) in [5.41, 5.74) is 10.4. The number of carbonyl (C=O) groups is 2. The molecule has 12 nitrogen and oxygen atoms in total. The maximum absolute atomic E-state index is 13.2. The van der Waals surface area contributed by atoms with Gasteiger partial charge in [-0.25, -0.2) is 15.0 Å². The minimum atomic E-state index is -0.145. The van der Waals surface area contributed by atoms with E-state index in [-0.39, 0.29) is 35.5 Å². The minimum absolute atomic E-state index is 0.00668. The number of pyridine rings is 1. The van der Waals surface area contributed by atoms with Gasteiger partial charge >= 0.3 is 0 Å². The molecule has 40 heavy (non-hydrogen) atoms. The maximum Gasteiger partial charge on any atom is 0.272 e. The van der Waals surface area contributed by atoms with E-state index < -0.39 is 0 Å². The third-order valence-corrected chi connectivity index (χ3v) is 8.39. The number of aromatic nitrogens is 6. The molecule has 7 rings (SSSR count). The van der Waals surface area contributed by atoms with E-state index in [2.05, 4.69) is 32.3 Å². The lowest BCUT2D eigenvalue weighted by molar-refractivity contribution is 0.0562. The predicted molar refractivity (Wildman–Crippen MR) is 149 cm³/mol. The molecule has 2 saturated heterocycles. The number of H-pyrrole nitrogens is 1. The quantitative estimate of drug-likeness (QED) is 0.367. The Kier molecular flexibility index (Phi) is 5.65. The van der Waals surface area contributed by atoms with Gasteiger partial charge in [0.05, 0.1) is 24.0 Å². The Morgan fingerprint density at radius 3 is 2.52 bits per heavy atom. The van der Waals surface area contributed by atoms with Crippen LogP contribution in [-0.2, 0) is 0 Å². The van der Waals surface area contributed by atoms with Gasteiger partial charge in [0.25, 0.3) is 5.91 Å². The van der Waals surface area contributed by atoms with Gasteiger partial charge in [0.1, 0.15) is 17.3 Å². The molecule has 0 aromatic carbocycles. The number of Topliss-reactive ketones (excluding diaryl/α,β-unsaturated/α-hetero) is 1. The fourth-order valence-corrected chi connectivity index (χ4v) is 6.55. The molecular weight excluding hydrogens is 508 g/mol. The van der Waals surface area contributed by atoms with E-state index in [1.54, 1.807) is 29.2 Å². The number of nitrogen functional groups attached to an aromatic ring is 1. The van der Waals surface area contributed by atoms with Crippen LogP contribution in [0.5, 0.6) is 0 Å². The van der Waals surface area contributed by atoms with Gasteiger partial charge in [-0.05, 0) is 50.8 Å². The Bertz CT molecular complexity index is 1630. The molecule has 204 valence electrons. The predicted octanol–water partition coefficient (Wildman–Crippen LogP) is 3.29. The van der Waals surface area contributed by atoms with Gasteiger partial charge in [-0.3, -0.25) is 14.7 Å². The third kappa shape index (κ3) is 3.85.